The minimum Gasteiger partial charge on any atom is -0.337 e. The van der Waals surface area contributed by atoms with Crippen LogP contribution in [0, 0.1) is 0 Å². The van der Waals surface area contributed by atoms with Crippen LogP contribution in [0.15, 0.2) is 77.7 Å². The fourth-order valence-corrected chi connectivity index (χ4v) is 4.30. The molecule has 0 atom stereocenters. The minimum absolute atomic E-state index is 0.137. The summed E-state index contributed by atoms with van der Waals surface area (Å²) < 4.78 is 27.3. The molecule has 0 fully saturated rings. The van der Waals surface area contributed by atoms with E-state index in [0.29, 0.717) is 11.6 Å². The Balaban J connectivity index is 1.76. The number of benzene rings is 3. The maximum Gasteiger partial charge on any atom is 0.261 e. The van der Waals surface area contributed by atoms with Crippen LogP contribution in [-0.4, -0.2) is 26.3 Å². The van der Waals surface area contributed by atoms with Gasteiger partial charge in [0, 0.05) is 18.6 Å². The van der Waals surface area contributed by atoms with Gasteiger partial charge in [-0.25, -0.2) is 8.42 Å². The number of rotatable bonds is 6. The zero-order chi connectivity index (χ0) is 21.0. The molecular formula is C21H18Cl2N2O3S. The first-order chi connectivity index (χ1) is 13.8. The number of hydrogen-bond donors (Lipinski definition) is 1. The third kappa shape index (κ3) is 5.29. The summed E-state index contributed by atoms with van der Waals surface area (Å²) in [6.45, 7) is 0.359. The van der Waals surface area contributed by atoms with Crippen molar-refractivity contribution >= 4 is 44.8 Å². The maximum atomic E-state index is 12.7. The van der Waals surface area contributed by atoms with Gasteiger partial charge in [-0.05, 0) is 48.0 Å². The van der Waals surface area contributed by atoms with Gasteiger partial charge in [-0.1, -0.05) is 53.5 Å². The Bertz CT molecular complexity index is 1140. The zero-order valence-corrected chi connectivity index (χ0v) is 17.8. The second kappa shape index (κ2) is 8.86. The molecule has 0 saturated carbocycles. The summed E-state index contributed by atoms with van der Waals surface area (Å²) in [7, 11) is -2.08. The van der Waals surface area contributed by atoms with Gasteiger partial charge in [0.05, 0.1) is 21.2 Å². The molecule has 3 aromatic carbocycles. The largest absolute Gasteiger partial charge is 0.337 e. The quantitative estimate of drug-likeness (QED) is 0.572. The number of halogens is 2. The lowest BCUT2D eigenvalue weighted by molar-refractivity contribution is 0.0785. The van der Waals surface area contributed by atoms with Crippen LogP contribution in [0.1, 0.15) is 15.9 Å². The summed E-state index contributed by atoms with van der Waals surface area (Å²) in [6.07, 6.45) is 0. The van der Waals surface area contributed by atoms with Gasteiger partial charge in [0.25, 0.3) is 15.9 Å². The number of hydrogen-bond acceptors (Lipinski definition) is 3. The second-order valence-corrected chi connectivity index (χ2v) is 8.93. The average molecular weight is 449 g/mol. The summed E-state index contributed by atoms with van der Waals surface area (Å²) in [5.74, 6) is -0.285. The molecule has 5 nitrogen and oxygen atoms in total. The number of carbonyl (C=O) groups excluding carboxylic acids is 1. The lowest BCUT2D eigenvalue weighted by atomic mass is 10.1. The topological polar surface area (TPSA) is 66.5 Å². The van der Waals surface area contributed by atoms with Gasteiger partial charge in [0.15, 0.2) is 0 Å². The van der Waals surface area contributed by atoms with E-state index in [2.05, 4.69) is 4.72 Å². The number of nitrogens with one attached hydrogen (secondary N) is 1. The van der Waals surface area contributed by atoms with Crippen molar-refractivity contribution in [2.24, 2.45) is 0 Å². The molecule has 0 aliphatic heterocycles. The predicted octanol–water partition coefficient (Wildman–Crippen LogP) is 5.07. The Hall–Kier alpha value is -2.54. The molecule has 0 radical (unpaired) electrons. The van der Waals surface area contributed by atoms with Gasteiger partial charge >= 0.3 is 0 Å². The van der Waals surface area contributed by atoms with Crippen LogP contribution in [0.4, 0.5) is 5.69 Å². The highest BCUT2D eigenvalue weighted by atomic mass is 35.5. The molecule has 150 valence electrons. The van der Waals surface area contributed by atoms with Crippen molar-refractivity contribution in [2.45, 2.75) is 11.4 Å². The molecule has 3 aromatic rings. The van der Waals surface area contributed by atoms with Crippen LogP contribution in [0.2, 0.25) is 10.0 Å². The first-order valence-electron chi connectivity index (χ1n) is 8.63. The van der Waals surface area contributed by atoms with E-state index in [4.69, 9.17) is 23.2 Å². The van der Waals surface area contributed by atoms with Crippen molar-refractivity contribution in [3.8, 4) is 0 Å². The summed E-state index contributed by atoms with van der Waals surface area (Å²) in [4.78, 5) is 14.4. The smallest absolute Gasteiger partial charge is 0.261 e. The number of anilines is 1. The van der Waals surface area contributed by atoms with E-state index in [-0.39, 0.29) is 27.1 Å². The Morgan fingerprint density at radius 2 is 1.69 bits per heavy atom. The summed E-state index contributed by atoms with van der Waals surface area (Å²) >= 11 is 12.3. The zero-order valence-electron chi connectivity index (χ0n) is 15.5. The predicted molar refractivity (Wildman–Crippen MR) is 116 cm³/mol. The molecule has 0 aliphatic carbocycles. The van der Waals surface area contributed by atoms with E-state index in [9.17, 15) is 13.2 Å². The highest BCUT2D eigenvalue weighted by molar-refractivity contribution is 7.92. The Kier molecular flexibility index (Phi) is 6.47. The molecule has 0 aliphatic rings. The SMILES string of the molecule is CN(Cc1cccc(Cl)c1)C(=O)c1ccc(NS(=O)(=O)c2ccccc2)cc1Cl. The summed E-state index contributed by atoms with van der Waals surface area (Å²) in [6, 6.07) is 19.7. The highest BCUT2D eigenvalue weighted by Gasteiger charge is 2.18. The third-order valence-corrected chi connectivity index (χ3v) is 6.11. The molecule has 0 aromatic heterocycles. The van der Waals surface area contributed by atoms with Crippen LogP contribution in [0.25, 0.3) is 0 Å². The van der Waals surface area contributed by atoms with Gasteiger partial charge < -0.3 is 4.90 Å². The van der Waals surface area contributed by atoms with Crippen LogP contribution in [0.5, 0.6) is 0 Å². The van der Waals surface area contributed by atoms with Crippen molar-refractivity contribution in [1.82, 2.24) is 4.90 Å². The van der Waals surface area contributed by atoms with Crippen molar-refractivity contribution in [1.29, 1.82) is 0 Å². The van der Waals surface area contributed by atoms with E-state index < -0.39 is 10.0 Å². The molecule has 3 rings (SSSR count). The van der Waals surface area contributed by atoms with E-state index in [1.165, 1.54) is 35.2 Å². The van der Waals surface area contributed by atoms with Crippen LogP contribution < -0.4 is 4.72 Å². The van der Waals surface area contributed by atoms with Crippen molar-refractivity contribution in [3.63, 3.8) is 0 Å². The number of carbonyl (C=O) groups is 1. The fraction of sp³-hybridized carbons (Fsp3) is 0.0952. The van der Waals surface area contributed by atoms with Gasteiger partial charge in [-0.15, -0.1) is 0 Å². The molecule has 1 N–H and O–H groups in total. The van der Waals surface area contributed by atoms with E-state index in [1.54, 1.807) is 37.4 Å². The van der Waals surface area contributed by atoms with Gasteiger partial charge in [0.2, 0.25) is 0 Å². The Morgan fingerprint density at radius 3 is 2.34 bits per heavy atom. The average Bonchev–Trinajstić information content (AvgIpc) is 2.68. The van der Waals surface area contributed by atoms with Crippen molar-refractivity contribution < 1.29 is 13.2 Å². The molecule has 0 saturated heterocycles. The maximum absolute atomic E-state index is 12.7. The molecule has 1 amide bonds. The molecule has 0 heterocycles. The van der Waals surface area contributed by atoms with E-state index in [1.807, 2.05) is 12.1 Å². The number of sulfonamides is 1. The Morgan fingerprint density at radius 1 is 0.966 bits per heavy atom. The standard InChI is InChI=1S/C21H18Cl2N2O3S/c1-25(14-15-6-5-7-16(22)12-15)21(26)19-11-10-17(13-20(19)23)24-29(27,28)18-8-3-2-4-9-18/h2-13,24H,14H2,1H3. The third-order valence-electron chi connectivity index (χ3n) is 4.16. The number of amides is 1. The second-order valence-electron chi connectivity index (χ2n) is 6.40. The van der Waals surface area contributed by atoms with E-state index in [0.717, 1.165) is 5.56 Å². The number of nitrogens with zero attached hydrogens (tertiary/aromatic N) is 1. The normalized spacial score (nSPS) is 11.1. The molecule has 0 spiro atoms. The van der Waals surface area contributed by atoms with Crippen molar-refractivity contribution in [3.05, 3.63) is 94.0 Å². The molecule has 0 bridgehead atoms. The lowest BCUT2D eigenvalue weighted by Gasteiger charge is -2.18. The Labute approximate surface area is 179 Å². The monoisotopic (exact) mass is 448 g/mol. The highest BCUT2D eigenvalue weighted by Crippen LogP contribution is 2.25. The van der Waals surface area contributed by atoms with Crippen LogP contribution >= 0.6 is 23.2 Å². The molecular weight excluding hydrogens is 431 g/mol. The van der Waals surface area contributed by atoms with Crippen LogP contribution in [0.3, 0.4) is 0 Å². The first-order valence-corrected chi connectivity index (χ1v) is 10.9. The van der Waals surface area contributed by atoms with Gasteiger partial charge in [-0.3, -0.25) is 9.52 Å². The first kappa shape index (κ1) is 21.2. The summed E-state index contributed by atoms with van der Waals surface area (Å²) in [5.41, 5.74) is 1.43. The molecule has 8 heteroatoms. The molecule has 0 unspecified atom stereocenters. The van der Waals surface area contributed by atoms with Gasteiger partial charge in [0.1, 0.15) is 0 Å². The summed E-state index contributed by atoms with van der Waals surface area (Å²) in [5, 5.41) is 0.748. The lowest BCUT2D eigenvalue weighted by Crippen LogP contribution is -2.26. The van der Waals surface area contributed by atoms with E-state index >= 15 is 0 Å². The fourth-order valence-electron chi connectivity index (χ4n) is 2.75. The minimum atomic E-state index is -3.74. The van der Waals surface area contributed by atoms with Crippen molar-refractivity contribution in [2.75, 3.05) is 11.8 Å². The van der Waals surface area contributed by atoms with Gasteiger partial charge in [-0.2, -0.15) is 0 Å². The molecule has 29 heavy (non-hydrogen) atoms. The van der Waals surface area contributed by atoms with Crippen LogP contribution in [-0.2, 0) is 16.6 Å².